The van der Waals surface area contributed by atoms with Crippen LogP contribution in [-0.4, -0.2) is 23.1 Å². The largest absolute Gasteiger partial charge is 0.355 e. The van der Waals surface area contributed by atoms with E-state index in [0.717, 1.165) is 16.9 Å². The predicted molar refractivity (Wildman–Crippen MR) is 99.2 cm³/mol. The maximum atomic E-state index is 6.68. The van der Waals surface area contributed by atoms with Crippen LogP contribution in [0.25, 0.3) is 0 Å². The van der Waals surface area contributed by atoms with Crippen molar-refractivity contribution >= 4 is 15.9 Å². The van der Waals surface area contributed by atoms with Crippen LogP contribution in [0.3, 0.4) is 0 Å². The van der Waals surface area contributed by atoms with Gasteiger partial charge in [0.1, 0.15) is 6.23 Å². The summed E-state index contributed by atoms with van der Waals surface area (Å²) in [5.74, 6) is 1.36. The van der Waals surface area contributed by atoms with E-state index in [2.05, 4.69) is 72.4 Å². The summed E-state index contributed by atoms with van der Waals surface area (Å²) in [6.45, 7) is 12.0. The average molecular weight is 378 g/mol. The monoisotopic (exact) mass is 377 g/mol. The third-order valence-electron chi connectivity index (χ3n) is 5.79. The van der Waals surface area contributed by atoms with Crippen molar-refractivity contribution in [2.45, 2.75) is 57.9 Å². The lowest BCUT2D eigenvalue weighted by Crippen LogP contribution is -2.61. The highest BCUT2D eigenvalue weighted by Crippen LogP contribution is 2.49. The summed E-state index contributed by atoms with van der Waals surface area (Å²) >= 11 is 3.72. The van der Waals surface area contributed by atoms with Gasteiger partial charge in [-0.1, -0.05) is 53.5 Å². The van der Waals surface area contributed by atoms with E-state index in [1.807, 2.05) is 6.08 Å². The maximum absolute atomic E-state index is 6.68. The molecule has 0 N–H and O–H groups in total. The number of benzene rings is 1. The van der Waals surface area contributed by atoms with E-state index in [9.17, 15) is 0 Å². The molecule has 1 aromatic carbocycles. The van der Waals surface area contributed by atoms with Crippen LogP contribution in [0.4, 0.5) is 0 Å². The third kappa shape index (κ3) is 3.16. The van der Waals surface area contributed by atoms with E-state index in [1.165, 1.54) is 24.8 Å². The van der Waals surface area contributed by atoms with Gasteiger partial charge in [-0.05, 0) is 38.7 Å². The first-order valence-electron chi connectivity index (χ1n) is 8.72. The van der Waals surface area contributed by atoms with Crippen molar-refractivity contribution < 1.29 is 4.74 Å². The summed E-state index contributed by atoms with van der Waals surface area (Å²) in [6, 6.07) is 8.43. The van der Waals surface area contributed by atoms with E-state index in [0.29, 0.717) is 12.0 Å². The standard InChI is InChI=1S/C20H28BrNO/c1-5-12-22-19(15-8-6-7-9-17(15)21)23-18-13-14(2)10-11-16(18)20(22,3)4/h5-9,14,16,18-19H,1,10-13H2,2-4H3/t14-,16-,18-,19+/m1/s1. The maximum Gasteiger partial charge on any atom is 0.138 e. The molecule has 4 atom stereocenters. The molecule has 3 rings (SSSR count). The van der Waals surface area contributed by atoms with Crippen molar-refractivity contribution in [3.05, 3.63) is 47.0 Å². The summed E-state index contributed by atoms with van der Waals surface area (Å²) in [4.78, 5) is 2.48. The molecule has 0 spiro atoms. The molecule has 126 valence electrons. The Kier molecular flexibility index (Phi) is 5.01. The van der Waals surface area contributed by atoms with E-state index >= 15 is 0 Å². The molecule has 1 saturated heterocycles. The van der Waals surface area contributed by atoms with Gasteiger partial charge in [-0.2, -0.15) is 0 Å². The SMILES string of the molecule is C=CCN1[C@H](c2ccccc2Br)O[C@@H]2C[C@H](C)CC[C@H]2C1(C)C. The van der Waals surface area contributed by atoms with Crippen LogP contribution >= 0.6 is 15.9 Å². The van der Waals surface area contributed by atoms with Gasteiger partial charge >= 0.3 is 0 Å². The van der Waals surface area contributed by atoms with Gasteiger partial charge in [0, 0.05) is 28.0 Å². The Morgan fingerprint density at radius 1 is 1.35 bits per heavy atom. The molecule has 1 aliphatic heterocycles. The number of hydrogen-bond acceptors (Lipinski definition) is 2. The average Bonchev–Trinajstić information content (AvgIpc) is 2.50. The van der Waals surface area contributed by atoms with Crippen molar-refractivity contribution in [3.8, 4) is 0 Å². The van der Waals surface area contributed by atoms with E-state index < -0.39 is 0 Å². The van der Waals surface area contributed by atoms with Gasteiger partial charge < -0.3 is 4.74 Å². The molecule has 0 radical (unpaired) electrons. The van der Waals surface area contributed by atoms with Crippen LogP contribution in [0.5, 0.6) is 0 Å². The number of nitrogens with zero attached hydrogens (tertiary/aromatic N) is 1. The number of halogens is 1. The zero-order valence-electron chi connectivity index (χ0n) is 14.5. The van der Waals surface area contributed by atoms with Gasteiger partial charge in [0.15, 0.2) is 0 Å². The third-order valence-corrected chi connectivity index (χ3v) is 6.51. The minimum absolute atomic E-state index is 0.00914. The van der Waals surface area contributed by atoms with Crippen LogP contribution in [0.1, 0.15) is 51.8 Å². The molecule has 2 nitrogen and oxygen atoms in total. The number of fused-ring (bicyclic) bond motifs is 1. The highest BCUT2D eigenvalue weighted by molar-refractivity contribution is 9.10. The molecule has 0 unspecified atom stereocenters. The predicted octanol–water partition coefficient (Wildman–Crippen LogP) is 5.55. The molecule has 0 bridgehead atoms. The minimum atomic E-state index is -0.00914. The molecule has 3 heteroatoms. The lowest BCUT2D eigenvalue weighted by Gasteiger charge is -2.57. The smallest absolute Gasteiger partial charge is 0.138 e. The fourth-order valence-corrected chi connectivity index (χ4v) is 4.91. The molecule has 2 fully saturated rings. The van der Waals surface area contributed by atoms with Crippen LogP contribution in [0.15, 0.2) is 41.4 Å². The molecule has 23 heavy (non-hydrogen) atoms. The number of rotatable bonds is 3. The van der Waals surface area contributed by atoms with Crippen molar-refractivity contribution in [1.29, 1.82) is 0 Å². The number of hydrogen-bond donors (Lipinski definition) is 0. The van der Waals surface area contributed by atoms with Crippen LogP contribution in [0, 0.1) is 11.8 Å². The summed E-state index contributed by atoms with van der Waals surface area (Å²) in [5, 5.41) is 0. The van der Waals surface area contributed by atoms with Crippen molar-refractivity contribution in [3.63, 3.8) is 0 Å². The second kappa shape index (κ2) is 6.70. The van der Waals surface area contributed by atoms with Crippen LogP contribution in [-0.2, 0) is 4.74 Å². The molecule has 1 saturated carbocycles. The first-order valence-corrected chi connectivity index (χ1v) is 9.52. The Morgan fingerprint density at radius 3 is 2.78 bits per heavy atom. The Labute approximate surface area is 149 Å². The van der Waals surface area contributed by atoms with Crippen molar-refractivity contribution in [2.24, 2.45) is 11.8 Å². The van der Waals surface area contributed by atoms with E-state index in [1.54, 1.807) is 0 Å². The summed E-state index contributed by atoms with van der Waals surface area (Å²) in [6.07, 6.45) is 6.10. The second-order valence-electron chi connectivity index (χ2n) is 7.67. The van der Waals surface area contributed by atoms with Gasteiger partial charge in [-0.3, -0.25) is 4.90 Å². The Bertz CT molecular complexity index is 571. The van der Waals surface area contributed by atoms with Crippen LogP contribution < -0.4 is 0 Å². The van der Waals surface area contributed by atoms with Gasteiger partial charge in [0.25, 0.3) is 0 Å². The Balaban J connectivity index is 1.99. The number of ether oxygens (including phenoxy) is 1. The van der Waals surface area contributed by atoms with Gasteiger partial charge in [0.2, 0.25) is 0 Å². The second-order valence-corrected chi connectivity index (χ2v) is 8.52. The molecular formula is C20H28BrNO. The van der Waals surface area contributed by atoms with Gasteiger partial charge in [-0.15, -0.1) is 6.58 Å². The quantitative estimate of drug-likeness (QED) is 0.640. The molecule has 1 aromatic rings. The fraction of sp³-hybridized carbons (Fsp3) is 0.600. The van der Waals surface area contributed by atoms with Crippen LogP contribution in [0.2, 0.25) is 0 Å². The highest BCUT2D eigenvalue weighted by atomic mass is 79.9. The lowest BCUT2D eigenvalue weighted by atomic mass is 9.69. The van der Waals surface area contributed by atoms with E-state index in [-0.39, 0.29) is 11.8 Å². The molecule has 2 aliphatic rings. The highest BCUT2D eigenvalue weighted by Gasteiger charge is 2.50. The fourth-order valence-electron chi connectivity index (χ4n) is 4.43. The minimum Gasteiger partial charge on any atom is -0.355 e. The zero-order chi connectivity index (χ0) is 16.6. The summed E-state index contributed by atoms with van der Waals surface area (Å²) in [5.41, 5.74) is 1.33. The first kappa shape index (κ1) is 17.2. The van der Waals surface area contributed by atoms with E-state index in [4.69, 9.17) is 4.74 Å². The van der Waals surface area contributed by atoms with Crippen molar-refractivity contribution in [1.82, 2.24) is 4.90 Å². The molecule has 0 amide bonds. The zero-order valence-corrected chi connectivity index (χ0v) is 16.1. The van der Waals surface area contributed by atoms with Crippen molar-refractivity contribution in [2.75, 3.05) is 6.54 Å². The molecule has 0 aromatic heterocycles. The topological polar surface area (TPSA) is 12.5 Å². The summed E-state index contributed by atoms with van der Waals surface area (Å²) < 4.78 is 7.80. The molecule has 1 aliphatic carbocycles. The normalized spacial score (nSPS) is 33.9. The Morgan fingerprint density at radius 2 is 2.09 bits per heavy atom. The first-order chi connectivity index (χ1) is 10.9. The molecule has 1 heterocycles. The van der Waals surface area contributed by atoms with Gasteiger partial charge in [-0.25, -0.2) is 0 Å². The lowest BCUT2D eigenvalue weighted by molar-refractivity contribution is -0.234. The summed E-state index contributed by atoms with van der Waals surface area (Å²) in [7, 11) is 0. The van der Waals surface area contributed by atoms with Gasteiger partial charge in [0.05, 0.1) is 6.10 Å². The molecular weight excluding hydrogens is 350 g/mol. The Hall–Kier alpha value is -0.640.